The Morgan fingerprint density at radius 1 is 0.387 bits per heavy atom. The van der Waals surface area contributed by atoms with Crippen LogP contribution in [-0.4, -0.2) is 6.71 Å². The maximum Gasteiger partial charge on any atom is 0.277 e. The topological polar surface area (TPSA) is 9.72 Å². The molecule has 0 saturated carbocycles. The minimum Gasteiger partial charge on any atom is -0.330 e. The van der Waals surface area contributed by atoms with E-state index in [1.54, 1.807) is 27.8 Å². The van der Waals surface area contributed by atoms with Gasteiger partial charge in [0.15, 0.2) is 0 Å². The molecule has 6 heteroatoms. The Morgan fingerprint density at radius 2 is 0.839 bits per heavy atom. The standard InChI is InChI=1S/C87H98BN3S2/c1-77(2,3)51-24-29-67-66(40-51)86(18)31-30-50-22-20-21-23-57(50)87(86,19)91(67)54-43-68-72-69(44-54)90-53-26-28-59-64(42-53)84(16,38-36-79(59,6)7)49-85(17)39-37-83(14,15)63-48-71-56(46-65(63)85)74(90)76(93-71)88(72)75-73(55-45-61-62(47-70(55)92-75)82(12,13)35-34-81(61,10)11)89(68)52-25-27-58-60(41-52)80(8,9)33-32-78(58,4)5/h20-29,40-48H,30-39,49H2,1-19H3. The van der Waals surface area contributed by atoms with Crippen LogP contribution in [-0.2, 0) is 66.1 Å². The number of hydrogen-bond acceptors (Lipinski definition) is 5. The number of fused-ring (bicyclic) bond motifs is 15. The van der Waals surface area contributed by atoms with E-state index in [1.165, 1.54) is 165 Å². The number of hydrogen-bond donors (Lipinski definition) is 0. The molecule has 0 radical (unpaired) electrons. The number of anilines is 8. The van der Waals surface area contributed by atoms with Crippen LogP contribution < -0.4 is 29.7 Å². The maximum atomic E-state index is 2.90. The van der Waals surface area contributed by atoms with Gasteiger partial charge in [-0.15, -0.1) is 22.7 Å². The Labute approximate surface area is 564 Å². The minimum atomic E-state index is -0.423. The van der Waals surface area contributed by atoms with Gasteiger partial charge in [0, 0.05) is 69.3 Å². The normalized spacial score (nSPS) is 27.0. The smallest absolute Gasteiger partial charge is 0.277 e. The molecule has 4 atom stereocenters. The van der Waals surface area contributed by atoms with Gasteiger partial charge in [0.2, 0.25) is 0 Å². The lowest BCUT2D eigenvalue weighted by Crippen LogP contribution is -2.59. The average Bonchev–Trinajstić information content (AvgIpc) is 1.55. The summed E-state index contributed by atoms with van der Waals surface area (Å²) < 4.78 is 5.86. The molecule has 4 unspecified atom stereocenters. The van der Waals surface area contributed by atoms with E-state index in [0.717, 1.165) is 25.7 Å². The SMILES string of the molecule is CC(C)(C)c1ccc2c(c1)C1(C)CCc3ccccc3C1(C)N2c1cc2c3c(c1)N1c4ccc5c(c4)C(C)(CCC5(C)C)CC4(C)CCC(C)(C)c5cc6sc(c1c6cc54)B3c1sc3cc4c(cc3c1N2c1ccc2c(c1)C(C)(C)CCC2(C)C)C(C)(C)CCC4(C)C. The van der Waals surface area contributed by atoms with Gasteiger partial charge in [0.1, 0.15) is 0 Å². The fourth-order valence-corrected chi connectivity index (χ4v) is 24.1. The second kappa shape index (κ2) is 18.1. The zero-order chi connectivity index (χ0) is 65.0. The van der Waals surface area contributed by atoms with Crippen LogP contribution in [0.1, 0.15) is 263 Å². The van der Waals surface area contributed by atoms with E-state index in [0.29, 0.717) is 0 Å². The molecule has 7 aromatic carbocycles. The molecule has 0 spiro atoms. The molecule has 93 heavy (non-hydrogen) atoms. The molecule has 0 amide bonds. The van der Waals surface area contributed by atoms with Gasteiger partial charge in [0.25, 0.3) is 6.71 Å². The van der Waals surface area contributed by atoms with Gasteiger partial charge in [-0.05, 0) is 265 Å². The lowest BCUT2D eigenvalue weighted by molar-refractivity contribution is 0.208. The number of benzene rings is 7. The summed E-state index contributed by atoms with van der Waals surface area (Å²) in [7, 11) is 0. The van der Waals surface area contributed by atoms with Crippen molar-refractivity contribution in [1.82, 2.24) is 0 Å². The Hall–Kier alpha value is -6.08. The fraction of sp³-hybridized carbons (Fsp3) is 0.471. The lowest BCUT2D eigenvalue weighted by Gasteiger charge is -2.52. The van der Waals surface area contributed by atoms with E-state index in [1.807, 2.05) is 0 Å². The first-order chi connectivity index (χ1) is 43.6. The molecule has 6 heterocycles. The maximum absolute atomic E-state index is 2.90. The van der Waals surface area contributed by atoms with Gasteiger partial charge < -0.3 is 14.7 Å². The predicted octanol–water partition coefficient (Wildman–Crippen LogP) is 22.5. The highest BCUT2D eigenvalue weighted by atomic mass is 32.1. The highest BCUT2D eigenvalue weighted by Gasteiger charge is 2.61. The molecule has 2 aromatic heterocycles. The van der Waals surface area contributed by atoms with Crippen LogP contribution in [0.5, 0.6) is 0 Å². The molecule has 3 nitrogen and oxygen atoms in total. The second-order valence-corrected chi connectivity index (χ2v) is 39.5. The first-order valence-electron chi connectivity index (χ1n) is 35.9. The molecular weight excluding hydrogens is 1160 g/mol. The Morgan fingerprint density at radius 3 is 1.39 bits per heavy atom. The van der Waals surface area contributed by atoms with Crippen molar-refractivity contribution < 1.29 is 0 Å². The monoisotopic (exact) mass is 1260 g/mol. The Kier molecular flexibility index (Phi) is 11.6. The molecule has 9 aliphatic rings. The van der Waals surface area contributed by atoms with Crippen LogP contribution in [0.15, 0.2) is 115 Å². The summed E-state index contributed by atoms with van der Waals surface area (Å²) in [5, 5.41) is 2.85. The van der Waals surface area contributed by atoms with Gasteiger partial charge in [-0.2, -0.15) is 0 Å². The lowest BCUT2D eigenvalue weighted by atomic mass is 9.39. The molecule has 4 bridgehead atoms. The molecule has 0 N–H and O–H groups in total. The van der Waals surface area contributed by atoms with Crippen molar-refractivity contribution in [1.29, 1.82) is 0 Å². The summed E-state index contributed by atoms with van der Waals surface area (Å²) in [6.07, 6.45) is 12.8. The quantitative estimate of drug-likeness (QED) is 0.160. The van der Waals surface area contributed by atoms with E-state index in [2.05, 4.69) is 284 Å². The van der Waals surface area contributed by atoms with Crippen LogP contribution in [0, 0.1) is 0 Å². The highest BCUT2D eigenvalue weighted by Crippen LogP contribution is 2.67. The zero-order valence-corrected chi connectivity index (χ0v) is 61.1. The van der Waals surface area contributed by atoms with Crippen molar-refractivity contribution in [3.05, 3.63) is 182 Å². The molecule has 0 fully saturated rings. The number of thiophene rings is 2. The molecule has 476 valence electrons. The van der Waals surface area contributed by atoms with Crippen molar-refractivity contribution in [2.24, 2.45) is 0 Å². The Bertz CT molecular complexity index is 4840. The van der Waals surface area contributed by atoms with Crippen molar-refractivity contribution in [2.45, 2.75) is 262 Å². The fourth-order valence-electron chi connectivity index (χ4n) is 21.4. The van der Waals surface area contributed by atoms with Crippen LogP contribution >= 0.6 is 22.7 Å². The number of aryl methyl sites for hydroxylation is 1. The zero-order valence-electron chi connectivity index (χ0n) is 59.5. The van der Waals surface area contributed by atoms with Gasteiger partial charge >= 0.3 is 0 Å². The number of rotatable bonds is 2. The van der Waals surface area contributed by atoms with Crippen molar-refractivity contribution >= 4 is 110 Å². The second-order valence-electron chi connectivity index (χ2n) is 37.4. The van der Waals surface area contributed by atoms with Gasteiger partial charge in [0.05, 0.1) is 16.9 Å². The summed E-state index contributed by atoms with van der Waals surface area (Å²) in [4.78, 5) is 8.66. The predicted molar refractivity (Wildman–Crippen MR) is 402 cm³/mol. The summed E-state index contributed by atoms with van der Waals surface area (Å²) in [5.41, 5.74) is 30.1. The van der Waals surface area contributed by atoms with Crippen LogP contribution in [0.4, 0.5) is 45.5 Å². The first-order valence-corrected chi connectivity index (χ1v) is 37.6. The third-order valence-electron chi connectivity index (χ3n) is 27.8. The number of nitrogens with zero attached hydrogens (tertiary/aromatic N) is 3. The van der Waals surface area contributed by atoms with E-state index in [4.69, 9.17) is 0 Å². The first kappa shape index (κ1) is 59.4. The summed E-state index contributed by atoms with van der Waals surface area (Å²) in [6.45, 7) is 48.2. The summed E-state index contributed by atoms with van der Waals surface area (Å²) in [6, 6.07) is 49.5. The van der Waals surface area contributed by atoms with Crippen LogP contribution in [0.25, 0.3) is 20.2 Å². The van der Waals surface area contributed by atoms with E-state index < -0.39 is 5.54 Å². The van der Waals surface area contributed by atoms with Gasteiger partial charge in [-0.1, -0.05) is 173 Å². The van der Waals surface area contributed by atoms with Gasteiger partial charge in [-0.3, -0.25) is 0 Å². The van der Waals surface area contributed by atoms with Crippen molar-refractivity contribution in [2.75, 3.05) is 14.7 Å². The van der Waals surface area contributed by atoms with Crippen LogP contribution in [0.3, 0.4) is 0 Å². The van der Waals surface area contributed by atoms with Gasteiger partial charge in [-0.25, -0.2) is 0 Å². The molecule has 4 aliphatic heterocycles. The van der Waals surface area contributed by atoms with Crippen molar-refractivity contribution in [3.8, 4) is 0 Å². The van der Waals surface area contributed by atoms with E-state index >= 15 is 0 Å². The molecule has 18 rings (SSSR count). The third kappa shape index (κ3) is 7.67. The van der Waals surface area contributed by atoms with Crippen molar-refractivity contribution in [3.63, 3.8) is 0 Å². The van der Waals surface area contributed by atoms with E-state index in [-0.39, 0.29) is 60.9 Å². The molecular formula is C87H98BN3S2. The Balaban J connectivity index is 1.03. The molecule has 0 saturated heterocycles. The van der Waals surface area contributed by atoms with Crippen LogP contribution in [0.2, 0.25) is 0 Å². The molecule has 9 aromatic rings. The summed E-state index contributed by atoms with van der Waals surface area (Å²) in [5.74, 6) is 0. The highest BCUT2D eigenvalue weighted by molar-refractivity contribution is 7.40. The minimum absolute atomic E-state index is 0.00208. The van der Waals surface area contributed by atoms with E-state index in [9.17, 15) is 0 Å². The summed E-state index contributed by atoms with van der Waals surface area (Å²) >= 11 is 4.25. The average molecular weight is 1260 g/mol. The largest absolute Gasteiger partial charge is 0.330 e. The molecule has 5 aliphatic carbocycles. The third-order valence-corrected chi connectivity index (χ3v) is 30.2.